The van der Waals surface area contributed by atoms with E-state index in [1.807, 2.05) is 30.0 Å². The van der Waals surface area contributed by atoms with E-state index in [1.54, 1.807) is 6.08 Å². The third-order valence-electron chi connectivity index (χ3n) is 3.80. The molecule has 2 atom stereocenters. The summed E-state index contributed by atoms with van der Waals surface area (Å²) in [6, 6.07) is 0.205. The van der Waals surface area contributed by atoms with E-state index in [4.69, 9.17) is 0 Å². The number of nitrogens with one attached hydrogen (secondary N) is 1. The normalized spacial score (nSPS) is 27.1. The summed E-state index contributed by atoms with van der Waals surface area (Å²) in [4.78, 5) is 27.6. The van der Waals surface area contributed by atoms with Gasteiger partial charge in [0, 0.05) is 25.6 Å². The highest BCUT2D eigenvalue weighted by Crippen LogP contribution is 2.28. The van der Waals surface area contributed by atoms with Gasteiger partial charge in [-0.3, -0.25) is 9.59 Å². The Morgan fingerprint density at radius 3 is 3.00 bits per heavy atom. The van der Waals surface area contributed by atoms with Gasteiger partial charge in [0.1, 0.15) is 0 Å². The first-order valence-electron chi connectivity index (χ1n) is 6.99. The summed E-state index contributed by atoms with van der Waals surface area (Å²) in [6.45, 7) is 1.60. The summed E-state index contributed by atoms with van der Waals surface area (Å²) in [5.74, 6) is 0.0966. The van der Waals surface area contributed by atoms with Crippen LogP contribution in [-0.4, -0.2) is 60.9 Å². The number of amides is 2. The highest BCUT2D eigenvalue weighted by molar-refractivity contribution is 5.89. The second-order valence-electron chi connectivity index (χ2n) is 5.63. The number of rotatable bonds is 4. The molecular formula is C14H23N3O2. The monoisotopic (exact) mass is 265 g/mol. The average molecular weight is 265 g/mol. The van der Waals surface area contributed by atoms with Crippen molar-refractivity contribution >= 4 is 11.8 Å². The van der Waals surface area contributed by atoms with Crippen LogP contribution in [0.3, 0.4) is 0 Å². The molecule has 106 valence electrons. The van der Waals surface area contributed by atoms with Gasteiger partial charge in [0.15, 0.2) is 0 Å². The maximum Gasteiger partial charge on any atom is 0.244 e. The molecule has 2 aliphatic heterocycles. The van der Waals surface area contributed by atoms with Gasteiger partial charge in [0.25, 0.3) is 0 Å². The molecule has 5 nitrogen and oxygen atoms in total. The van der Waals surface area contributed by atoms with E-state index in [1.165, 1.54) is 0 Å². The van der Waals surface area contributed by atoms with Crippen LogP contribution in [0.15, 0.2) is 12.2 Å². The third kappa shape index (κ3) is 3.56. The molecule has 2 saturated heterocycles. The Hall–Kier alpha value is -1.36. The smallest absolute Gasteiger partial charge is 0.244 e. The third-order valence-corrected chi connectivity index (χ3v) is 3.80. The molecule has 0 radical (unpaired) electrons. The number of carbonyl (C=O) groups is 2. The summed E-state index contributed by atoms with van der Waals surface area (Å²) in [5, 5.41) is 2.98. The molecule has 0 aromatic rings. The molecule has 2 amide bonds. The molecule has 0 spiro atoms. The van der Waals surface area contributed by atoms with Crippen LogP contribution in [0.2, 0.25) is 0 Å². The van der Waals surface area contributed by atoms with Crippen LogP contribution in [0.25, 0.3) is 0 Å². The van der Waals surface area contributed by atoms with Crippen molar-refractivity contribution in [2.45, 2.75) is 37.8 Å². The average Bonchev–Trinajstić information content (AvgIpc) is 2.66. The van der Waals surface area contributed by atoms with Crippen molar-refractivity contribution in [1.29, 1.82) is 0 Å². The van der Waals surface area contributed by atoms with Gasteiger partial charge in [-0.1, -0.05) is 6.08 Å². The fraction of sp³-hybridized carbons (Fsp3) is 0.714. The lowest BCUT2D eigenvalue weighted by Gasteiger charge is -2.32. The van der Waals surface area contributed by atoms with E-state index in [0.29, 0.717) is 6.42 Å². The van der Waals surface area contributed by atoms with Crippen LogP contribution in [0.5, 0.6) is 0 Å². The van der Waals surface area contributed by atoms with Crippen molar-refractivity contribution in [3.63, 3.8) is 0 Å². The lowest BCUT2D eigenvalue weighted by molar-refractivity contribution is -0.129. The predicted molar refractivity (Wildman–Crippen MR) is 73.6 cm³/mol. The first kappa shape index (κ1) is 14.1. The molecule has 0 bridgehead atoms. The fourth-order valence-electron chi connectivity index (χ4n) is 2.88. The number of piperidine rings is 1. The SMILES string of the molecule is CN(C)C/C=C/C(=O)NC1CC(=O)N2CCCCC12. The highest BCUT2D eigenvalue weighted by atomic mass is 16.2. The minimum absolute atomic E-state index is 0.00990. The van der Waals surface area contributed by atoms with Gasteiger partial charge in [-0.05, 0) is 33.4 Å². The fourth-order valence-corrected chi connectivity index (χ4v) is 2.88. The zero-order valence-corrected chi connectivity index (χ0v) is 11.8. The summed E-state index contributed by atoms with van der Waals surface area (Å²) in [5.41, 5.74) is 0. The largest absolute Gasteiger partial charge is 0.347 e. The van der Waals surface area contributed by atoms with Crippen molar-refractivity contribution < 1.29 is 9.59 Å². The molecular weight excluding hydrogens is 242 g/mol. The molecule has 1 N–H and O–H groups in total. The van der Waals surface area contributed by atoms with Crippen LogP contribution in [0.4, 0.5) is 0 Å². The maximum atomic E-state index is 11.9. The van der Waals surface area contributed by atoms with Gasteiger partial charge in [0.2, 0.25) is 11.8 Å². The number of carbonyl (C=O) groups excluding carboxylic acids is 2. The van der Waals surface area contributed by atoms with E-state index in [2.05, 4.69) is 5.32 Å². The minimum atomic E-state index is -0.0907. The summed E-state index contributed by atoms with van der Waals surface area (Å²) in [6.07, 6.45) is 7.11. The maximum absolute atomic E-state index is 11.9. The number of hydrogen-bond donors (Lipinski definition) is 1. The van der Waals surface area contributed by atoms with Gasteiger partial charge in [0.05, 0.1) is 12.1 Å². The minimum Gasteiger partial charge on any atom is -0.347 e. The van der Waals surface area contributed by atoms with Gasteiger partial charge in [-0.25, -0.2) is 0 Å². The van der Waals surface area contributed by atoms with Crippen LogP contribution < -0.4 is 5.32 Å². The van der Waals surface area contributed by atoms with E-state index in [-0.39, 0.29) is 23.9 Å². The Morgan fingerprint density at radius 2 is 2.26 bits per heavy atom. The Labute approximate surface area is 114 Å². The quantitative estimate of drug-likeness (QED) is 0.747. The van der Waals surface area contributed by atoms with E-state index in [0.717, 1.165) is 32.4 Å². The molecule has 2 fully saturated rings. The number of fused-ring (bicyclic) bond motifs is 1. The van der Waals surface area contributed by atoms with Crippen LogP contribution >= 0.6 is 0 Å². The highest BCUT2D eigenvalue weighted by Gasteiger charge is 2.41. The van der Waals surface area contributed by atoms with Crippen LogP contribution in [0, 0.1) is 0 Å². The van der Waals surface area contributed by atoms with Gasteiger partial charge < -0.3 is 15.1 Å². The first-order valence-corrected chi connectivity index (χ1v) is 6.99. The van der Waals surface area contributed by atoms with Crippen molar-refractivity contribution in [1.82, 2.24) is 15.1 Å². The van der Waals surface area contributed by atoms with Gasteiger partial charge in [-0.15, -0.1) is 0 Å². The molecule has 0 aromatic heterocycles. The Bertz CT molecular complexity index is 379. The van der Waals surface area contributed by atoms with E-state index in [9.17, 15) is 9.59 Å². The second-order valence-corrected chi connectivity index (χ2v) is 5.63. The van der Waals surface area contributed by atoms with Crippen molar-refractivity contribution in [3.8, 4) is 0 Å². The summed E-state index contributed by atoms with van der Waals surface area (Å²) in [7, 11) is 3.91. The zero-order chi connectivity index (χ0) is 13.8. The van der Waals surface area contributed by atoms with Crippen molar-refractivity contribution in [3.05, 3.63) is 12.2 Å². The van der Waals surface area contributed by atoms with Crippen LogP contribution in [0.1, 0.15) is 25.7 Å². The standard InChI is InChI=1S/C14H23N3O2/c1-16(2)8-5-7-13(18)15-11-10-14(19)17-9-4-3-6-12(11)17/h5,7,11-12H,3-4,6,8-10H2,1-2H3,(H,15,18)/b7-5+. The second kappa shape index (κ2) is 6.19. The van der Waals surface area contributed by atoms with E-state index >= 15 is 0 Å². The number of nitrogens with zero attached hydrogens (tertiary/aromatic N) is 2. The number of hydrogen-bond acceptors (Lipinski definition) is 3. The number of likely N-dealkylation sites (N-methyl/N-ethyl adjacent to an activating group) is 1. The van der Waals surface area contributed by atoms with Crippen molar-refractivity contribution in [2.75, 3.05) is 27.2 Å². The van der Waals surface area contributed by atoms with Gasteiger partial charge >= 0.3 is 0 Å². The van der Waals surface area contributed by atoms with Gasteiger partial charge in [-0.2, -0.15) is 0 Å². The summed E-state index contributed by atoms with van der Waals surface area (Å²) >= 11 is 0. The molecule has 2 heterocycles. The molecule has 2 rings (SSSR count). The Balaban J connectivity index is 1.87. The molecule has 0 aliphatic carbocycles. The molecule has 2 aliphatic rings. The predicted octanol–water partition coefficient (Wildman–Crippen LogP) is 0.374. The molecule has 2 unspecified atom stereocenters. The molecule has 5 heteroatoms. The Kier molecular flexibility index (Phi) is 4.58. The first-order chi connectivity index (χ1) is 9.08. The zero-order valence-electron chi connectivity index (χ0n) is 11.8. The van der Waals surface area contributed by atoms with Crippen LogP contribution in [-0.2, 0) is 9.59 Å². The molecule has 0 saturated carbocycles. The Morgan fingerprint density at radius 1 is 1.47 bits per heavy atom. The lowest BCUT2D eigenvalue weighted by Crippen LogP contribution is -2.46. The van der Waals surface area contributed by atoms with E-state index < -0.39 is 0 Å². The molecule has 19 heavy (non-hydrogen) atoms. The topological polar surface area (TPSA) is 52.7 Å². The lowest BCUT2D eigenvalue weighted by atomic mass is 9.99. The molecule has 0 aromatic carbocycles. The summed E-state index contributed by atoms with van der Waals surface area (Å²) < 4.78 is 0. The van der Waals surface area contributed by atoms with Crippen molar-refractivity contribution in [2.24, 2.45) is 0 Å².